The number of halogens is 1. The number of imide groups is 1. The molecule has 1 saturated heterocycles. The van der Waals surface area contributed by atoms with Crippen LogP contribution in [-0.2, 0) is 9.59 Å². The van der Waals surface area contributed by atoms with E-state index >= 15 is 0 Å². The zero-order valence-electron chi connectivity index (χ0n) is 10.2. The van der Waals surface area contributed by atoms with Crippen LogP contribution in [0.4, 0.5) is 10.1 Å². The summed E-state index contributed by atoms with van der Waals surface area (Å²) >= 11 is 0. The smallest absolute Gasteiger partial charge is 0.266 e. The van der Waals surface area contributed by atoms with E-state index in [1.54, 1.807) is 14.1 Å². The van der Waals surface area contributed by atoms with Crippen LogP contribution in [0.5, 0.6) is 0 Å². The molecule has 0 bridgehead atoms. The van der Waals surface area contributed by atoms with Crippen molar-refractivity contribution in [3.8, 4) is 0 Å². The normalized spacial score (nSPS) is 19.8. The highest BCUT2D eigenvalue weighted by atomic mass is 19.1. The lowest BCUT2D eigenvalue weighted by Gasteiger charge is -2.22. The minimum atomic E-state index is -0.592. The Bertz CT molecular complexity index is 473. The predicted octanol–water partition coefficient (Wildman–Crippen LogP) is 0.842. The molecule has 0 aromatic heterocycles. The molecule has 1 aromatic carbocycles. The van der Waals surface area contributed by atoms with Crippen LogP contribution >= 0.6 is 0 Å². The van der Waals surface area contributed by atoms with E-state index in [2.05, 4.69) is 5.32 Å². The third-order valence-electron chi connectivity index (χ3n) is 2.71. The van der Waals surface area contributed by atoms with Crippen molar-refractivity contribution < 1.29 is 14.0 Å². The van der Waals surface area contributed by atoms with E-state index in [0.29, 0.717) is 5.69 Å². The molecule has 1 aliphatic heterocycles. The summed E-state index contributed by atoms with van der Waals surface area (Å²) < 4.78 is 12.7. The van der Waals surface area contributed by atoms with Gasteiger partial charge in [-0.3, -0.25) is 9.59 Å². The molecule has 5 nitrogen and oxygen atoms in total. The Kier molecular flexibility index (Phi) is 3.29. The minimum absolute atomic E-state index is 0.106. The van der Waals surface area contributed by atoms with E-state index in [9.17, 15) is 14.0 Å². The molecule has 0 spiro atoms. The van der Waals surface area contributed by atoms with Crippen molar-refractivity contribution in [1.82, 2.24) is 10.0 Å². The molecule has 0 radical (unpaired) electrons. The topological polar surface area (TPSA) is 52.6 Å². The Balaban J connectivity index is 2.10. The van der Waals surface area contributed by atoms with Crippen LogP contribution < -0.4 is 5.32 Å². The molecule has 1 aromatic rings. The number of carbonyl (C=O) groups excluding carboxylic acids is 2. The van der Waals surface area contributed by atoms with Crippen molar-refractivity contribution in [3.63, 3.8) is 0 Å². The standard InChI is InChI=1S/C12H14FN3O2/c1-15(2)16-11(17)7-10(12(16)18)14-9-5-3-8(13)4-6-9/h3-6,10,14H,7H2,1-2H3/t10-/m1/s1. The number of anilines is 1. The van der Waals surface area contributed by atoms with Gasteiger partial charge in [-0.15, -0.1) is 0 Å². The molecule has 2 amide bonds. The summed E-state index contributed by atoms with van der Waals surface area (Å²) in [6.45, 7) is 0. The fourth-order valence-electron chi connectivity index (χ4n) is 1.90. The minimum Gasteiger partial charge on any atom is -0.373 e. The summed E-state index contributed by atoms with van der Waals surface area (Å²) in [6.07, 6.45) is 0.106. The van der Waals surface area contributed by atoms with Crippen LogP contribution in [0, 0.1) is 5.82 Å². The molecule has 18 heavy (non-hydrogen) atoms. The zero-order chi connectivity index (χ0) is 13.3. The van der Waals surface area contributed by atoms with Gasteiger partial charge in [-0.2, -0.15) is 0 Å². The van der Waals surface area contributed by atoms with E-state index in [1.807, 2.05) is 0 Å². The van der Waals surface area contributed by atoms with Crippen LogP contribution in [0.3, 0.4) is 0 Å². The van der Waals surface area contributed by atoms with Crippen molar-refractivity contribution in [2.75, 3.05) is 19.4 Å². The average Bonchev–Trinajstić information content (AvgIpc) is 2.57. The van der Waals surface area contributed by atoms with Gasteiger partial charge in [0, 0.05) is 19.8 Å². The van der Waals surface area contributed by atoms with Crippen LogP contribution in [-0.4, -0.2) is 42.0 Å². The molecule has 6 heteroatoms. The molecule has 1 aliphatic rings. The maximum Gasteiger partial charge on any atom is 0.266 e. The van der Waals surface area contributed by atoms with Gasteiger partial charge in [-0.05, 0) is 24.3 Å². The first-order valence-electron chi connectivity index (χ1n) is 5.55. The molecule has 1 fully saturated rings. The molecule has 0 aliphatic carbocycles. The first kappa shape index (κ1) is 12.5. The largest absolute Gasteiger partial charge is 0.373 e. The molecule has 1 heterocycles. The lowest BCUT2D eigenvalue weighted by molar-refractivity contribution is -0.152. The van der Waals surface area contributed by atoms with Gasteiger partial charge in [0.25, 0.3) is 5.91 Å². The second kappa shape index (κ2) is 4.73. The first-order chi connectivity index (χ1) is 8.49. The van der Waals surface area contributed by atoms with Crippen LogP contribution in [0.1, 0.15) is 6.42 Å². The summed E-state index contributed by atoms with van der Waals surface area (Å²) in [7, 11) is 3.27. The quantitative estimate of drug-likeness (QED) is 0.809. The number of amides is 2. The zero-order valence-corrected chi connectivity index (χ0v) is 10.2. The molecule has 0 unspecified atom stereocenters. The summed E-state index contributed by atoms with van der Waals surface area (Å²) in [5, 5.41) is 5.48. The van der Waals surface area contributed by atoms with Crippen molar-refractivity contribution >= 4 is 17.5 Å². The van der Waals surface area contributed by atoms with Crippen molar-refractivity contribution in [2.24, 2.45) is 0 Å². The maximum atomic E-state index is 12.7. The van der Waals surface area contributed by atoms with Crippen LogP contribution in [0.2, 0.25) is 0 Å². The Morgan fingerprint density at radius 3 is 2.39 bits per heavy atom. The summed E-state index contributed by atoms with van der Waals surface area (Å²) in [5.41, 5.74) is 0.614. The van der Waals surface area contributed by atoms with Gasteiger partial charge in [-0.25, -0.2) is 14.4 Å². The fourth-order valence-corrected chi connectivity index (χ4v) is 1.90. The number of carbonyl (C=O) groups is 2. The number of hydrogen-bond donors (Lipinski definition) is 1. The molecule has 96 valence electrons. The van der Waals surface area contributed by atoms with Gasteiger partial charge in [0.1, 0.15) is 11.9 Å². The molecule has 1 atom stereocenters. The monoisotopic (exact) mass is 251 g/mol. The highest BCUT2D eigenvalue weighted by Gasteiger charge is 2.39. The lowest BCUT2D eigenvalue weighted by atomic mass is 10.2. The Morgan fingerprint density at radius 2 is 1.89 bits per heavy atom. The number of nitrogens with zero attached hydrogens (tertiary/aromatic N) is 2. The fraction of sp³-hybridized carbons (Fsp3) is 0.333. The third-order valence-corrected chi connectivity index (χ3v) is 2.71. The second-order valence-electron chi connectivity index (χ2n) is 4.30. The SMILES string of the molecule is CN(C)N1C(=O)C[C@@H](Nc2ccc(F)cc2)C1=O. The van der Waals surface area contributed by atoms with Gasteiger partial charge < -0.3 is 5.32 Å². The van der Waals surface area contributed by atoms with Gasteiger partial charge in [-0.1, -0.05) is 0 Å². The second-order valence-corrected chi connectivity index (χ2v) is 4.30. The summed E-state index contributed by atoms with van der Waals surface area (Å²) in [6, 6.07) is 5.07. The number of rotatable bonds is 3. The molecule has 0 saturated carbocycles. The van der Waals surface area contributed by atoms with Gasteiger partial charge in [0.05, 0.1) is 6.42 Å². The first-order valence-corrected chi connectivity index (χ1v) is 5.55. The highest BCUT2D eigenvalue weighted by molar-refractivity contribution is 6.06. The average molecular weight is 251 g/mol. The summed E-state index contributed by atoms with van der Waals surface area (Å²) in [4.78, 5) is 23.6. The maximum absolute atomic E-state index is 12.7. The van der Waals surface area contributed by atoms with Crippen LogP contribution in [0.25, 0.3) is 0 Å². The van der Waals surface area contributed by atoms with E-state index < -0.39 is 6.04 Å². The van der Waals surface area contributed by atoms with E-state index in [4.69, 9.17) is 0 Å². The van der Waals surface area contributed by atoms with Crippen molar-refractivity contribution in [2.45, 2.75) is 12.5 Å². The van der Waals surface area contributed by atoms with E-state index in [-0.39, 0.29) is 24.1 Å². The summed E-state index contributed by atoms with van der Waals surface area (Å²) in [5.74, 6) is -0.886. The lowest BCUT2D eigenvalue weighted by Crippen LogP contribution is -2.43. The molecule has 1 N–H and O–H groups in total. The predicted molar refractivity (Wildman–Crippen MR) is 64.0 cm³/mol. The van der Waals surface area contributed by atoms with Crippen molar-refractivity contribution in [1.29, 1.82) is 0 Å². The Labute approximate surface area is 104 Å². The van der Waals surface area contributed by atoms with E-state index in [1.165, 1.54) is 29.3 Å². The Morgan fingerprint density at radius 1 is 1.28 bits per heavy atom. The van der Waals surface area contributed by atoms with Gasteiger partial charge in [0.15, 0.2) is 0 Å². The highest BCUT2D eigenvalue weighted by Crippen LogP contribution is 2.19. The van der Waals surface area contributed by atoms with Gasteiger partial charge >= 0.3 is 0 Å². The number of hydrazine groups is 1. The Hall–Kier alpha value is -1.95. The van der Waals surface area contributed by atoms with E-state index in [0.717, 1.165) is 5.01 Å². The van der Waals surface area contributed by atoms with Crippen molar-refractivity contribution in [3.05, 3.63) is 30.1 Å². The van der Waals surface area contributed by atoms with Crippen LogP contribution in [0.15, 0.2) is 24.3 Å². The number of benzene rings is 1. The molecular formula is C12H14FN3O2. The third kappa shape index (κ3) is 2.33. The molecule has 2 rings (SSSR count). The number of nitrogens with one attached hydrogen (secondary N) is 1. The van der Waals surface area contributed by atoms with Gasteiger partial charge in [0.2, 0.25) is 5.91 Å². The molecular weight excluding hydrogens is 237 g/mol. The number of hydrogen-bond acceptors (Lipinski definition) is 4.